The van der Waals surface area contributed by atoms with Crippen molar-refractivity contribution in [1.82, 2.24) is 9.80 Å². The molecule has 0 aromatic heterocycles. The summed E-state index contributed by atoms with van der Waals surface area (Å²) in [5, 5.41) is 19.1. The maximum absolute atomic E-state index is 9.97. The van der Waals surface area contributed by atoms with Crippen LogP contribution < -0.4 is 0 Å². The van der Waals surface area contributed by atoms with Gasteiger partial charge in [0, 0.05) is 43.9 Å². The Morgan fingerprint density at radius 2 is 1.76 bits per heavy atom. The van der Waals surface area contributed by atoms with Crippen LogP contribution in [0.2, 0.25) is 0 Å². The van der Waals surface area contributed by atoms with E-state index in [0.717, 1.165) is 38.3 Å². The molecule has 1 saturated heterocycles. The topological polar surface area (TPSA) is 46.9 Å². The van der Waals surface area contributed by atoms with Crippen LogP contribution in [0.25, 0.3) is 0 Å². The molecule has 2 N–H and O–H groups in total. The number of aliphatic hydroxyl groups is 1. The predicted octanol–water partition coefficient (Wildman–Crippen LogP) is 0.632. The molecular formula is C13H20N2O2. The average Bonchev–Trinajstić information content (AvgIpc) is 2.35. The minimum absolute atomic E-state index is 0.109. The number of hydrogen-bond donors (Lipinski definition) is 2. The fourth-order valence-electron chi connectivity index (χ4n) is 2.15. The molecule has 1 aromatic rings. The summed E-state index contributed by atoms with van der Waals surface area (Å²) in [7, 11) is 2.13. The quantitative estimate of drug-likeness (QED) is 0.808. The average molecular weight is 236 g/mol. The minimum Gasteiger partial charge on any atom is -0.507 e. The zero-order valence-corrected chi connectivity index (χ0v) is 10.3. The molecule has 1 aromatic carbocycles. The Morgan fingerprint density at radius 1 is 1.12 bits per heavy atom. The van der Waals surface area contributed by atoms with Crippen LogP contribution in [-0.4, -0.2) is 53.2 Å². The van der Waals surface area contributed by atoms with E-state index < -0.39 is 0 Å². The first-order valence-corrected chi connectivity index (χ1v) is 6.02. The van der Waals surface area contributed by atoms with Crippen molar-refractivity contribution >= 4 is 0 Å². The molecule has 4 nitrogen and oxygen atoms in total. The Balaban J connectivity index is 2.03. The second kappa shape index (κ2) is 5.49. The van der Waals surface area contributed by atoms with Gasteiger partial charge in [-0.3, -0.25) is 4.90 Å². The molecule has 1 heterocycles. The maximum atomic E-state index is 9.97. The van der Waals surface area contributed by atoms with Gasteiger partial charge in [0.2, 0.25) is 0 Å². The molecule has 0 spiro atoms. The van der Waals surface area contributed by atoms with E-state index in [4.69, 9.17) is 5.11 Å². The summed E-state index contributed by atoms with van der Waals surface area (Å²) in [5.74, 6) is 0.244. The molecule has 1 aliphatic heterocycles. The van der Waals surface area contributed by atoms with E-state index in [9.17, 15) is 5.11 Å². The first-order valence-electron chi connectivity index (χ1n) is 6.02. The van der Waals surface area contributed by atoms with Gasteiger partial charge < -0.3 is 15.1 Å². The molecule has 1 aliphatic rings. The molecule has 0 radical (unpaired) electrons. The molecule has 4 heteroatoms. The van der Waals surface area contributed by atoms with Gasteiger partial charge in [-0.1, -0.05) is 18.2 Å². The van der Waals surface area contributed by atoms with E-state index >= 15 is 0 Å². The summed E-state index contributed by atoms with van der Waals surface area (Å²) in [6.45, 7) is 4.84. The lowest BCUT2D eigenvalue weighted by molar-refractivity contribution is 0.147. The maximum Gasteiger partial charge on any atom is 0.125 e. The molecule has 1 fully saturated rings. The van der Waals surface area contributed by atoms with Crippen LogP contribution in [0.15, 0.2) is 18.2 Å². The van der Waals surface area contributed by atoms with E-state index in [1.54, 1.807) is 6.07 Å². The van der Waals surface area contributed by atoms with Crippen molar-refractivity contribution < 1.29 is 10.2 Å². The molecule has 0 amide bonds. The van der Waals surface area contributed by atoms with E-state index in [0.29, 0.717) is 5.56 Å². The van der Waals surface area contributed by atoms with Crippen LogP contribution in [0.5, 0.6) is 5.75 Å². The van der Waals surface area contributed by atoms with Gasteiger partial charge in [0.25, 0.3) is 0 Å². The SMILES string of the molecule is CN1CCN(Cc2cccc(CO)c2O)CC1. The molecule has 0 aliphatic carbocycles. The number of aliphatic hydroxyl groups excluding tert-OH is 1. The van der Waals surface area contributed by atoms with Crippen molar-refractivity contribution in [3.8, 4) is 5.75 Å². The number of aromatic hydroxyl groups is 1. The Morgan fingerprint density at radius 3 is 2.41 bits per heavy atom. The number of nitrogens with zero attached hydrogens (tertiary/aromatic N) is 2. The second-order valence-electron chi connectivity index (χ2n) is 4.66. The van der Waals surface area contributed by atoms with Crippen LogP contribution in [0, 0.1) is 0 Å². The van der Waals surface area contributed by atoms with Crippen molar-refractivity contribution in [1.29, 1.82) is 0 Å². The third-order valence-electron chi connectivity index (χ3n) is 3.36. The molecule has 94 valence electrons. The predicted molar refractivity (Wildman–Crippen MR) is 66.8 cm³/mol. The highest BCUT2D eigenvalue weighted by Gasteiger charge is 2.16. The highest BCUT2D eigenvalue weighted by Crippen LogP contribution is 2.24. The molecule has 2 rings (SSSR count). The highest BCUT2D eigenvalue weighted by atomic mass is 16.3. The van der Waals surface area contributed by atoms with Crippen LogP contribution in [0.3, 0.4) is 0 Å². The van der Waals surface area contributed by atoms with E-state index in [1.807, 2.05) is 12.1 Å². The van der Waals surface area contributed by atoms with Gasteiger partial charge in [0.05, 0.1) is 6.61 Å². The Hall–Kier alpha value is -1.10. The lowest BCUT2D eigenvalue weighted by Crippen LogP contribution is -2.43. The molecule has 0 unspecified atom stereocenters. The molecular weight excluding hydrogens is 216 g/mol. The number of piperazine rings is 1. The van der Waals surface area contributed by atoms with Gasteiger partial charge >= 0.3 is 0 Å². The lowest BCUT2D eigenvalue weighted by atomic mass is 10.1. The van der Waals surface area contributed by atoms with Crippen LogP contribution in [0.4, 0.5) is 0 Å². The smallest absolute Gasteiger partial charge is 0.125 e. The van der Waals surface area contributed by atoms with Crippen LogP contribution in [-0.2, 0) is 13.2 Å². The monoisotopic (exact) mass is 236 g/mol. The zero-order valence-electron chi connectivity index (χ0n) is 10.3. The number of phenols is 1. The molecule has 0 saturated carbocycles. The van der Waals surface area contributed by atoms with Crippen molar-refractivity contribution in [2.75, 3.05) is 33.2 Å². The van der Waals surface area contributed by atoms with Crippen LogP contribution in [0.1, 0.15) is 11.1 Å². The van der Waals surface area contributed by atoms with E-state index in [2.05, 4.69) is 16.8 Å². The van der Waals surface area contributed by atoms with Crippen molar-refractivity contribution in [3.05, 3.63) is 29.3 Å². The number of rotatable bonds is 3. The van der Waals surface area contributed by atoms with E-state index in [1.165, 1.54) is 0 Å². The second-order valence-corrected chi connectivity index (χ2v) is 4.66. The van der Waals surface area contributed by atoms with E-state index in [-0.39, 0.29) is 12.4 Å². The number of benzene rings is 1. The number of likely N-dealkylation sites (N-methyl/N-ethyl adjacent to an activating group) is 1. The summed E-state index contributed by atoms with van der Waals surface area (Å²) in [6, 6.07) is 5.56. The standard InChI is InChI=1S/C13H20N2O2/c1-14-5-7-15(8-6-14)9-11-3-2-4-12(10-16)13(11)17/h2-4,16-17H,5-10H2,1H3. The lowest BCUT2D eigenvalue weighted by Gasteiger charge is -2.32. The van der Waals surface area contributed by atoms with Crippen molar-refractivity contribution in [3.63, 3.8) is 0 Å². The van der Waals surface area contributed by atoms with Crippen molar-refractivity contribution in [2.24, 2.45) is 0 Å². The zero-order chi connectivity index (χ0) is 12.3. The highest BCUT2D eigenvalue weighted by molar-refractivity contribution is 5.39. The molecule has 17 heavy (non-hydrogen) atoms. The largest absolute Gasteiger partial charge is 0.507 e. The summed E-state index contributed by atoms with van der Waals surface area (Å²) < 4.78 is 0. The number of hydrogen-bond acceptors (Lipinski definition) is 4. The van der Waals surface area contributed by atoms with Gasteiger partial charge in [-0.2, -0.15) is 0 Å². The third-order valence-corrected chi connectivity index (χ3v) is 3.36. The summed E-state index contributed by atoms with van der Waals surface area (Å²) in [6.07, 6.45) is 0. The molecule has 0 atom stereocenters. The van der Waals surface area contributed by atoms with Gasteiger partial charge in [0.1, 0.15) is 5.75 Å². The fraction of sp³-hybridized carbons (Fsp3) is 0.538. The van der Waals surface area contributed by atoms with Crippen molar-refractivity contribution in [2.45, 2.75) is 13.2 Å². The summed E-state index contributed by atoms with van der Waals surface area (Å²) in [4.78, 5) is 4.64. The normalized spacial score (nSPS) is 18.5. The minimum atomic E-state index is -0.109. The number of para-hydroxylation sites is 1. The summed E-state index contributed by atoms with van der Waals surface area (Å²) >= 11 is 0. The van der Waals surface area contributed by atoms with Gasteiger partial charge in [0.15, 0.2) is 0 Å². The Kier molecular flexibility index (Phi) is 3.99. The van der Waals surface area contributed by atoms with Gasteiger partial charge in [-0.05, 0) is 7.05 Å². The molecule has 0 bridgehead atoms. The fourth-order valence-corrected chi connectivity index (χ4v) is 2.15. The Bertz CT molecular complexity index is 374. The summed E-state index contributed by atoms with van der Waals surface area (Å²) in [5.41, 5.74) is 1.51. The third kappa shape index (κ3) is 2.97. The first-order chi connectivity index (χ1) is 8.20. The first kappa shape index (κ1) is 12.4. The van der Waals surface area contributed by atoms with Crippen LogP contribution >= 0.6 is 0 Å². The van der Waals surface area contributed by atoms with Gasteiger partial charge in [-0.25, -0.2) is 0 Å². The van der Waals surface area contributed by atoms with Gasteiger partial charge in [-0.15, -0.1) is 0 Å². The Labute approximate surface area is 102 Å².